The number of sulfonamides is 1. The summed E-state index contributed by atoms with van der Waals surface area (Å²) in [6.07, 6.45) is 0. The van der Waals surface area contributed by atoms with Gasteiger partial charge in [-0.3, -0.25) is 4.72 Å². The van der Waals surface area contributed by atoms with Crippen LogP contribution < -0.4 is 10.5 Å². The molecule has 0 aliphatic rings. The zero-order valence-corrected chi connectivity index (χ0v) is 13.6. The molecule has 0 spiro atoms. The minimum absolute atomic E-state index is 0.0708. The van der Waals surface area contributed by atoms with Crippen LogP contribution in [0.25, 0.3) is 0 Å². The Kier molecular flexibility index (Phi) is 4.42. The summed E-state index contributed by atoms with van der Waals surface area (Å²) < 4.78 is 27.5. The van der Waals surface area contributed by atoms with E-state index in [2.05, 4.69) is 20.7 Å². The quantitative estimate of drug-likeness (QED) is 0.791. The average Bonchev–Trinajstić information content (AvgIpc) is 2.43. The van der Waals surface area contributed by atoms with E-state index in [4.69, 9.17) is 22.6 Å². The van der Waals surface area contributed by atoms with Crippen molar-refractivity contribution in [2.75, 3.05) is 10.5 Å². The summed E-state index contributed by atoms with van der Waals surface area (Å²) in [5.74, 6) is 0. The predicted molar refractivity (Wildman–Crippen MR) is 85.5 cm³/mol. The summed E-state index contributed by atoms with van der Waals surface area (Å²) in [4.78, 5) is -0.111. The third-order valence-electron chi connectivity index (χ3n) is 2.59. The van der Waals surface area contributed by atoms with Crippen LogP contribution in [-0.4, -0.2) is 8.42 Å². The van der Waals surface area contributed by atoms with Crippen LogP contribution in [-0.2, 0) is 10.0 Å². The lowest BCUT2D eigenvalue weighted by molar-refractivity contribution is 0.601. The number of nitrogen functional groups attached to an aromatic ring is 1. The summed E-state index contributed by atoms with van der Waals surface area (Å²) >= 11 is 9.12. The number of hydrogen-bond donors (Lipinski definition) is 2. The van der Waals surface area contributed by atoms with Crippen LogP contribution >= 0.6 is 27.5 Å². The predicted octanol–water partition coefficient (Wildman–Crippen LogP) is 3.36. The molecule has 0 unspecified atom stereocenters. The number of nitrogens with one attached hydrogen (secondary N) is 1. The summed E-state index contributed by atoms with van der Waals surface area (Å²) in [5.41, 5.74) is 6.59. The van der Waals surface area contributed by atoms with E-state index >= 15 is 0 Å². The maximum atomic E-state index is 12.3. The van der Waals surface area contributed by atoms with Gasteiger partial charge in [-0.25, -0.2) is 8.42 Å². The van der Waals surface area contributed by atoms with E-state index in [1.165, 1.54) is 36.4 Å². The smallest absolute Gasteiger partial charge is 0.263 e. The first kappa shape index (κ1) is 15.6. The molecule has 21 heavy (non-hydrogen) atoms. The fraction of sp³-hybridized carbons (Fsp3) is 0. The van der Waals surface area contributed by atoms with E-state index in [-0.39, 0.29) is 9.92 Å². The van der Waals surface area contributed by atoms with Crippen LogP contribution in [0.1, 0.15) is 5.56 Å². The molecule has 0 saturated carbocycles. The van der Waals surface area contributed by atoms with Gasteiger partial charge in [0.1, 0.15) is 4.90 Å². The molecule has 0 saturated heterocycles. The molecular formula is C13H9BrClN3O2S. The van der Waals surface area contributed by atoms with Gasteiger partial charge < -0.3 is 5.73 Å². The van der Waals surface area contributed by atoms with E-state index in [9.17, 15) is 8.42 Å². The number of rotatable bonds is 3. The minimum atomic E-state index is -3.88. The van der Waals surface area contributed by atoms with Crippen molar-refractivity contribution in [3.8, 4) is 6.07 Å². The molecule has 2 aromatic rings. The van der Waals surface area contributed by atoms with Gasteiger partial charge in [0.15, 0.2) is 0 Å². The van der Waals surface area contributed by atoms with E-state index in [1.807, 2.05) is 6.07 Å². The number of anilines is 2. The number of nitriles is 1. The topological polar surface area (TPSA) is 96.0 Å². The van der Waals surface area contributed by atoms with Gasteiger partial charge in [-0.1, -0.05) is 11.6 Å². The normalized spacial score (nSPS) is 10.9. The number of nitrogens with two attached hydrogens (primary N) is 1. The van der Waals surface area contributed by atoms with E-state index in [0.29, 0.717) is 21.4 Å². The highest BCUT2D eigenvalue weighted by Gasteiger charge is 2.19. The van der Waals surface area contributed by atoms with Gasteiger partial charge in [-0.15, -0.1) is 0 Å². The lowest BCUT2D eigenvalue weighted by Gasteiger charge is -2.11. The summed E-state index contributed by atoms with van der Waals surface area (Å²) in [7, 11) is -3.88. The first-order valence-electron chi connectivity index (χ1n) is 5.61. The Labute approximate surface area is 135 Å². The monoisotopic (exact) mass is 385 g/mol. The van der Waals surface area contributed by atoms with E-state index in [1.54, 1.807) is 0 Å². The minimum Gasteiger partial charge on any atom is -0.399 e. The van der Waals surface area contributed by atoms with Crippen LogP contribution in [0.2, 0.25) is 5.02 Å². The molecule has 2 rings (SSSR count). The van der Waals surface area contributed by atoms with Gasteiger partial charge in [0, 0.05) is 10.2 Å². The summed E-state index contributed by atoms with van der Waals surface area (Å²) in [5, 5.41) is 8.86. The Morgan fingerprint density at radius 3 is 2.57 bits per heavy atom. The van der Waals surface area contributed by atoms with Gasteiger partial charge >= 0.3 is 0 Å². The maximum absolute atomic E-state index is 12.3. The van der Waals surface area contributed by atoms with Gasteiger partial charge in [0.25, 0.3) is 10.0 Å². The van der Waals surface area contributed by atoms with Crippen molar-refractivity contribution in [2.24, 2.45) is 0 Å². The highest BCUT2D eigenvalue weighted by molar-refractivity contribution is 9.10. The Balaban J connectivity index is 2.43. The second-order valence-electron chi connectivity index (χ2n) is 4.10. The highest BCUT2D eigenvalue weighted by atomic mass is 79.9. The Hall–Kier alpha value is -1.75. The molecule has 0 fully saturated rings. The third kappa shape index (κ3) is 3.47. The fourth-order valence-electron chi connectivity index (χ4n) is 1.59. The molecule has 0 atom stereocenters. The molecule has 3 N–H and O–H groups in total. The van der Waals surface area contributed by atoms with Crippen LogP contribution in [0.4, 0.5) is 11.4 Å². The van der Waals surface area contributed by atoms with Crippen molar-refractivity contribution in [3.05, 3.63) is 51.5 Å². The third-order valence-corrected chi connectivity index (χ3v) is 5.09. The standard InChI is InChI=1S/C13H9BrClN3O2S/c14-10-5-8(7-16)1-4-12(10)18-21(19,20)13-6-9(17)2-3-11(13)15/h1-6,18H,17H2. The molecule has 2 aromatic carbocycles. The lowest BCUT2D eigenvalue weighted by atomic mass is 10.2. The molecule has 0 amide bonds. The van der Waals surface area contributed by atoms with Crippen molar-refractivity contribution in [3.63, 3.8) is 0 Å². The maximum Gasteiger partial charge on any atom is 0.263 e. The van der Waals surface area contributed by atoms with Crippen molar-refractivity contribution in [1.29, 1.82) is 5.26 Å². The van der Waals surface area contributed by atoms with Crippen LogP contribution in [0.5, 0.6) is 0 Å². The molecule has 0 aliphatic carbocycles. The molecule has 0 heterocycles. The zero-order chi connectivity index (χ0) is 15.6. The fourth-order valence-corrected chi connectivity index (χ4v) is 3.82. The van der Waals surface area contributed by atoms with Crippen LogP contribution in [0.3, 0.4) is 0 Å². The molecule has 5 nitrogen and oxygen atoms in total. The molecule has 108 valence electrons. The number of halogens is 2. The van der Waals surface area contributed by atoms with Gasteiger partial charge in [-0.2, -0.15) is 5.26 Å². The number of nitrogens with zero attached hydrogens (tertiary/aromatic N) is 1. The molecule has 0 radical (unpaired) electrons. The molecule has 0 aliphatic heterocycles. The molecule has 0 aromatic heterocycles. The average molecular weight is 387 g/mol. The second kappa shape index (κ2) is 5.93. The SMILES string of the molecule is N#Cc1ccc(NS(=O)(=O)c2cc(N)ccc2Cl)c(Br)c1. The zero-order valence-electron chi connectivity index (χ0n) is 10.5. The number of hydrogen-bond acceptors (Lipinski definition) is 4. The Morgan fingerprint density at radius 1 is 1.24 bits per heavy atom. The lowest BCUT2D eigenvalue weighted by Crippen LogP contribution is -2.14. The van der Waals surface area contributed by atoms with E-state index < -0.39 is 10.0 Å². The van der Waals surface area contributed by atoms with Crippen molar-refractivity contribution in [2.45, 2.75) is 4.90 Å². The molecule has 0 bridgehead atoms. The van der Waals surface area contributed by atoms with Crippen molar-refractivity contribution < 1.29 is 8.42 Å². The summed E-state index contributed by atoms with van der Waals surface area (Å²) in [6.45, 7) is 0. The van der Waals surface area contributed by atoms with Gasteiger partial charge in [0.2, 0.25) is 0 Å². The Morgan fingerprint density at radius 2 is 1.95 bits per heavy atom. The number of benzene rings is 2. The van der Waals surface area contributed by atoms with Crippen LogP contribution in [0, 0.1) is 11.3 Å². The molecule has 8 heteroatoms. The largest absolute Gasteiger partial charge is 0.399 e. The molecular weight excluding hydrogens is 378 g/mol. The van der Waals surface area contributed by atoms with Gasteiger partial charge in [0.05, 0.1) is 22.3 Å². The first-order valence-corrected chi connectivity index (χ1v) is 8.26. The first-order chi connectivity index (χ1) is 9.83. The second-order valence-corrected chi connectivity index (χ2v) is 7.01. The van der Waals surface area contributed by atoms with E-state index in [0.717, 1.165) is 0 Å². The Bertz CT molecular complexity index is 847. The van der Waals surface area contributed by atoms with Gasteiger partial charge in [-0.05, 0) is 52.3 Å². The summed E-state index contributed by atoms with van der Waals surface area (Å²) in [6, 6.07) is 10.7. The van der Waals surface area contributed by atoms with Crippen molar-refractivity contribution in [1.82, 2.24) is 0 Å². The van der Waals surface area contributed by atoms with Crippen molar-refractivity contribution >= 4 is 48.9 Å². The van der Waals surface area contributed by atoms with Crippen LogP contribution in [0.15, 0.2) is 45.8 Å². The highest BCUT2D eigenvalue weighted by Crippen LogP contribution is 2.29.